The summed E-state index contributed by atoms with van der Waals surface area (Å²) < 4.78 is 10.4. The predicted molar refractivity (Wildman–Crippen MR) is 82.7 cm³/mol. The molecule has 0 bridgehead atoms. The zero-order chi connectivity index (χ0) is 13.7. The predicted octanol–water partition coefficient (Wildman–Crippen LogP) is 3.16. The third kappa shape index (κ3) is 3.27. The molecule has 0 heterocycles. The molecule has 3 heteroatoms. The lowest BCUT2D eigenvalue weighted by Crippen LogP contribution is -2.13. The fourth-order valence-corrected chi connectivity index (χ4v) is 4.08. The Morgan fingerprint density at radius 2 is 1.11 bits per heavy atom. The van der Waals surface area contributed by atoms with Crippen molar-refractivity contribution in [2.24, 2.45) is 0 Å². The molecule has 0 fully saturated rings. The molecule has 2 nitrogen and oxygen atoms in total. The molecule has 0 aliphatic rings. The second-order valence-electron chi connectivity index (χ2n) is 4.14. The normalized spacial score (nSPS) is 10.5. The van der Waals surface area contributed by atoms with Crippen LogP contribution in [-0.4, -0.2) is 20.4 Å². The molecule has 2 aromatic rings. The molecule has 0 spiro atoms. The highest BCUT2D eigenvalue weighted by Gasteiger charge is 2.11. The maximum atomic E-state index is 5.21. The van der Waals surface area contributed by atoms with Gasteiger partial charge in [0.15, 0.2) is 0 Å². The van der Waals surface area contributed by atoms with Crippen LogP contribution >= 0.6 is 7.92 Å². The Kier molecular flexibility index (Phi) is 4.81. The van der Waals surface area contributed by atoms with Crippen molar-refractivity contribution in [2.75, 3.05) is 20.4 Å². The minimum absolute atomic E-state index is 0.295. The SMILES string of the molecule is CCP(c1ccc(OC)cc1)c1ccc(OC)cc1. The first kappa shape index (κ1) is 13.9. The Balaban J connectivity index is 2.26. The van der Waals surface area contributed by atoms with E-state index in [2.05, 4.69) is 31.2 Å². The van der Waals surface area contributed by atoms with E-state index in [4.69, 9.17) is 9.47 Å². The van der Waals surface area contributed by atoms with Crippen molar-refractivity contribution in [3.05, 3.63) is 48.5 Å². The summed E-state index contributed by atoms with van der Waals surface area (Å²) in [7, 11) is 3.10. The molecule has 0 N–H and O–H groups in total. The number of rotatable bonds is 5. The van der Waals surface area contributed by atoms with Crippen LogP contribution < -0.4 is 20.1 Å². The molecule has 0 aliphatic heterocycles. The summed E-state index contributed by atoms with van der Waals surface area (Å²) in [4.78, 5) is 0. The first-order chi connectivity index (χ1) is 9.28. The smallest absolute Gasteiger partial charge is 0.118 e. The van der Waals surface area contributed by atoms with Crippen LogP contribution in [0.4, 0.5) is 0 Å². The summed E-state index contributed by atoms with van der Waals surface area (Å²) in [5.74, 6) is 1.81. The van der Waals surface area contributed by atoms with Crippen LogP contribution in [0, 0.1) is 0 Å². The summed E-state index contributed by atoms with van der Waals surface area (Å²) >= 11 is 0. The lowest BCUT2D eigenvalue weighted by Gasteiger charge is -2.17. The summed E-state index contributed by atoms with van der Waals surface area (Å²) in [6.07, 6.45) is 1.13. The fourth-order valence-electron chi connectivity index (χ4n) is 2.04. The zero-order valence-electron chi connectivity index (χ0n) is 11.6. The van der Waals surface area contributed by atoms with Gasteiger partial charge in [0.2, 0.25) is 0 Å². The number of ether oxygens (including phenoxy) is 2. The molecule has 2 rings (SSSR count). The van der Waals surface area contributed by atoms with Gasteiger partial charge in [-0.3, -0.25) is 0 Å². The zero-order valence-corrected chi connectivity index (χ0v) is 12.5. The lowest BCUT2D eigenvalue weighted by molar-refractivity contribution is 0.415. The molecule has 100 valence electrons. The third-order valence-corrected chi connectivity index (χ3v) is 5.56. The van der Waals surface area contributed by atoms with E-state index in [-0.39, 0.29) is 7.92 Å². The molecule has 0 unspecified atom stereocenters. The van der Waals surface area contributed by atoms with Gasteiger partial charge in [-0.25, -0.2) is 0 Å². The standard InChI is InChI=1S/C16H19O2P/c1-4-19(15-9-5-13(17-2)6-10-15)16-11-7-14(18-3)8-12-16/h5-12H,4H2,1-3H3. The van der Waals surface area contributed by atoms with Gasteiger partial charge in [-0.1, -0.05) is 31.2 Å². The second-order valence-corrected chi connectivity index (χ2v) is 6.66. The van der Waals surface area contributed by atoms with Crippen molar-refractivity contribution in [3.8, 4) is 11.5 Å². The summed E-state index contributed by atoms with van der Waals surface area (Å²) in [5, 5.41) is 2.76. The molecule has 0 aliphatic carbocycles. The Labute approximate surface area is 116 Å². The lowest BCUT2D eigenvalue weighted by atomic mass is 10.3. The van der Waals surface area contributed by atoms with E-state index in [9.17, 15) is 0 Å². The van der Waals surface area contributed by atoms with Crippen molar-refractivity contribution < 1.29 is 9.47 Å². The number of benzene rings is 2. The van der Waals surface area contributed by atoms with Crippen molar-refractivity contribution in [1.82, 2.24) is 0 Å². The highest BCUT2D eigenvalue weighted by atomic mass is 31.1. The van der Waals surface area contributed by atoms with Gasteiger partial charge in [0.1, 0.15) is 11.5 Å². The highest BCUT2D eigenvalue weighted by molar-refractivity contribution is 7.72. The molecular weight excluding hydrogens is 255 g/mol. The fraction of sp³-hybridized carbons (Fsp3) is 0.250. The van der Waals surface area contributed by atoms with Crippen LogP contribution in [0.25, 0.3) is 0 Å². The average Bonchev–Trinajstić information content (AvgIpc) is 2.49. The molecule has 2 aromatic carbocycles. The van der Waals surface area contributed by atoms with Gasteiger partial charge in [0.05, 0.1) is 14.2 Å². The van der Waals surface area contributed by atoms with Crippen LogP contribution in [-0.2, 0) is 0 Å². The Bertz CT molecular complexity index is 458. The van der Waals surface area contributed by atoms with Crippen LogP contribution in [0.1, 0.15) is 6.92 Å². The van der Waals surface area contributed by atoms with Crippen molar-refractivity contribution in [2.45, 2.75) is 6.92 Å². The number of hydrogen-bond donors (Lipinski definition) is 0. The summed E-state index contributed by atoms with van der Waals surface area (Å²) in [6.45, 7) is 2.24. The maximum absolute atomic E-state index is 5.21. The van der Waals surface area contributed by atoms with Crippen molar-refractivity contribution >= 4 is 18.5 Å². The largest absolute Gasteiger partial charge is 0.497 e. The molecule has 0 atom stereocenters. The van der Waals surface area contributed by atoms with Gasteiger partial charge in [0, 0.05) is 0 Å². The minimum Gasteiger partial charge on any atom is -0.497 e. The third-order valence-electron chi connectivity index (χ3n) is 3.08. The van der Waals surface area contributed by atoms with Gasteiger partial charge < -0.3 is 9.47 Å². The van der Waals surface area contributed by atoms with Crippen molar-refractivity contribution in [1.29, 1.82) is 0 Å². The van der Waals surface area contributed by atoms with Crippen molar-refractivity contribution in [3.63, 3.8) is 0 Å². The van der Waals surface area contributed by atoms with Gasteiger partial charge >= 0.3 is 0 Å². The van der Waals surface area contributed by atoms with Gasteiger partial charge in [-0.15, -0.1) is 0 Å². The first-order valence-corrected chi connectivity index (χ1v) is 7.86. The van der Waals surface area contributed by atoms with E-state index in [0.717, 1.165) is 17.7 Å². The van der Waals surface area contributed by atoms with E-state index in [0.29, 0.717) is 0 Å². The first-order valence-electron chi connectivity index (χ1n) is 6.34. The average molecular weight is 274 g/mol. The second kappa shape index (κ2) is 6.58. The van der Waals surface area contributed by atoms with Crippen LogP contribution in [0.5, 0.6) is 11.5 Å². The van der Waals surface area contributed by atoms with Crippen LogP contribution in [0.3, 0.4) is 0 Å². The Morgan fingerprint density at radius 3 is 1.37 bits per heavy atom. The molecule has 0 saturated carbocycles. The molecular formula is C16H19O2P. The van der Waals surface area contributed by atoms with E-state index in [1.165, 1.54) is 10.6 Å². The topological polar surface area (TPSA) is 18.5 Å². The quantitative estimate of drug-likeness (QED) is 0.780. The van der Waals surface area contributed by atoms with E-state index >= 15 is 0 Å². The van der Waals surface area contributed by atoms with Crippen LogP contribution in [0.15, 0.2) is 48.5 Å². The number of methoxy groups -OCH3 is 2. The van der Waals surface area contributed by atoms with Crippen LogP contribution in [0.2, 0.25) is 0 Å². The molecule has 19 heavy (non-hydrogen) atoms. The Hall–Kier alpha value is -1.53. The highest BCUT2D eigenvalue weighted by Crippen LogP contribution is 2.33. The maximum Gasteiger partial charge on any atom is 0.118 e. The van der Waals surface area contributed by atoms with Gasteiger partial charge in [-0.05, 0) is 49.0 Å². The van der Waals surface area contributed by atoms with E-state index in [1.807, 2.05) is 24.3 Å². The van der Waals surface area contributed by atoms with E-state index < -0.39 is 0 Å². The summed E-state index contributed by atoms with van der Waals surface area (Å²) in [5.41, 5.74) is 0. The Morgan fingerprint density at radius 1 is 0.737 bits per heavy atom. The molecule has 0 amide bonds. The molecule has 0 radical (unpaired) electrons. The molecule has 0 aromatic heterocycles. The minimum atomic E-state index is -0.295. The number of hydrogen-bond acceptors (Lipinski definition) is 2. The summed E-state index contributed by atoms with van der Waals surface area (Å²) in [6, 6.07) is 16.8. The monoisotopic (exact) mass is 274 g/mol. The molecule has 0 saturated heterocycles. The van der Waals surface area contributed by atoms with Gasteiger partial charge in [-0.2, -0.15) is 0 Å². The van der Waals surface area contributed by atoms with Gasteiger partial charge in [0.25, 0.3) is 0 Å². The van der Waals surface area contributed by atoms with E-state index in [1.54, 1.807) is 14.2 Å².